The predicted octanol–water partition coefficient (Wildman–Crippen LogP) is 1.98. The topological polar surface area (TPSA) is 46.5 Å². The maximum absolute atomic E-state index is 11.3. The summed E-state index contributed by atoms with van der Waals surface area (Å²) in [6.45, 7) is 3.76. The van der Waals surface area contributed by atoms with Gasteiger partial charge in [-0.2, -0.15) is 0 Å². The van der Waals surface area contributed by atoms with Gasteiger partial charge in [0.1, 0.15) is 5.41 Å². The lowest BCUT2D eigenvalue weighted by Gasteiger charge is -2.26. The molecule has 1 aromatic rings. The summed E-state index contributed by atoms with van der Waals surface area (Å²) in [5.41, 5.74) is 0.805. The zero-order valence-corrected chi connectivity index (χ0v) is 9.28. The number of benzene rings is 1. The largest absolute Gasteiger partial charge is 0.481 e. The lowest BCUT2D eigenvalue weighted by atomic mass is 9.81. The number of hydrogen-bond donors (Lipinski definition) is 1. The van der Waals surface area contributed by atoms with Gasteiger partial charge in [0.2, 0.25) is 0 Å². The minimum atomic E-state index is -0.972. The summed E-state index contributed by atoms with van der Waals surface area (Å²) in [4.78, 5) is 11.3. The number of rotatable bonds is 4. The monoisotopic (exact) mass is 208 g/mol. The fraction of sp³-hybridized carbons (Fsp3) is 0.417. The molecule has 0 radical (unpaired) electrons. The Morgan fingerprint density at radius 3 is 2.53 bits per heavy atom. The molecule has 1 rings (SSSR count). The third-order valence-electron chi connectivity index (χ3n) is 2.64. The van der Waals surface area contributed by atoms with Crippen LogP contribution in [0.5, 0.6) is 0 Å². The van der Waals surface area contributed by atoms with E-state index < -0.39 is 11.4 Å². The molecule has 0 bridgehead atoms. The first-order chi connectivity index (χ1) is 7.02. The molecule has 0 saturated carbocycles. The Labute approximate surface area is 89.7 Å². The molecule has 0 amide bonds. The predicted molar refractivity (Wildman–Crippen MR) is 58.0 cm³/mol. The van der Waals surface area contributed by atoms with Gasteiger partial charge < -0.3 is 9.84 Å². The molecule has 1 atom stereocenters. The Morgan fingerprint density at radius 2 is 2.07 bits per heavy atom. The van der Waals surface area contributed by atoms with Crippen molar-refractivity contribution < 1.29 is 14.6 Å². The summed E-state index contributed by atoms with van der Waals surface area (Å²) in [5.74, 6) is -0.862. The fourth-order valence-electron chi connectivity index (χ4n) is 1.74. The fourth-order valence-corrected chi connectivity index (χ4v) is 1.74. The second-order valence-corrected chi connectivity index (χ2v) is 3.89. The molecule has 15 heavy (non-hydrogen) atoms. The third-order valence-corrected chi connectivity index (χ3v) is 2.64. The second-order valence-electron chi connectivity index (χ2n) is 3.89. The van der Waals surface area contributed by atoms with E-state index in [0.717, 1.165) is 11.1 Å². The van der Waals surface area contributed by atoms with Crippen LogP contribution < -0.4 is 0 Å². The first-order valence-electron chi connectivity index (χ1n) is 4.81. The van der Waals surface area contributed by atoms with Crippen molar-refractivity contribution in [3.05, 3.63) is 35.4 Å². The van der Waals surface area contributed by atoms with Crippen LogP contribution in [0.15, 0.2) is 24.3 Å². The van der Waals surface area contributed by atoms with Crippen LogP contribution in [-0.2, 0) is 14.9 Å². The first kappa shape index (κ1) is 11.7. The molecule has 82 valence electrons. The van der Waals surface area contributed by atoms with Crippen molar-refractivity contribution in [2.45, 2.75) is 19.3 Å². The molecule has 0 fully saturated rings. The minimum absolute atomic E-state index is 0.174. The molecule has 0 aliphatic rings. The molecule has 0 spiro atoms. The standard InChI is InChI=1S/C12H16O3/c1-9-6-4-5-7-10(9)12(2,8-15-3)11(13)14/h4-7H,8H2,1-3H3,(H,13,14). The summed E-state index contributed by atoms with van der Waals surface area (Å²) >= 11 is 0. The van der Waals surface area contributed by atoms with Crippen molar-refractivity contribution in [1.82, 2.24) is 0 Å². The average Bonchev–Trinajstić information content (AvgIpc) is 2.18. The summed E-state index contributed by atoms with van der Waals surface area (Å²) in [5, 5.41) is 9.26. The van der Waals surface area contributed by atoms with Gasteiger partial charge in [0.15, 0.2) is 0 Å². The van der Waals surface area contributed by atoms with Crippen molar-refractivity contribution in [3.63, 3.8) is 0 Å². The normalized spacial score (nSPS) is 14.6. The van der Waals surface area contributed by atoms with Crippen LogP contribution in [0.3, 0.4) is 0 Å². The Morgan fingerprint density at radius 1 is 1.47 bits per heavy atom. The van der Waals surface area contributed by atoms with Gasteiger partial charge in [-0.25, -0.2) is 0 Å². The first-order valence-corrected chi connectivity index (χ1v) is 4.81. The van der Waals surface area contributed by atoms with E-state index in [-0.39, 0.29) is 6.61 Å². The quantitative estimate of drug-likeness (QED) is 0.823. The number of ether oxygens (including phenoxy) is 1. The van der Waals surface area contributed by atoms with Crippen molar-refractivity contribution in [2.24, 2.45) is 0 Å². The van der Waals surface area contributed by atoms with Crippen molar-refractivity contribution in [2.75, 3.05) is 13.7 Å². The lowest BCUT2D eigenvalue weighted by molar-refractivity contribution is -0.145. The highest BCUT2D eigenvalue weighted by Crippen LogP contribution is 2.27. The van der Waals surface area contributed by atoms with Crippen LogP contribution in [0, 0.1) is 6.92 Å². The zero-order valence-electron chi connectivity index (χ0n) is 9.28. The molecule has 0 aromatic heterocycles. The number of carbonyl (C=O) groups is 1. The van der Waals surface area contributed by atoms with Gasteiger partial charge in [0.05, 0.1) is 6.61 Å². The van der Waals surface area contributed by atoms with E-state index >= 15 is 0 Å². The van der Waals surface area contributed by atoms with E-state index in [1.165, 1.54) is 7.11 Å². The van der Waals surface area contributed by atoms with E-state index in [1.54, 1.807) is 6.92 Å². The Balaban J connectivity index is 3.21. The lowest BCUT2D eigenvalue weighted by Crippen LogP contribution is -2.37. The molecule has 0 saturated heterocycles. The van der Waals surface area contributed by atoms with Crippen molar-refractivity contribution in [3.8, 4) is 0 Å². The molecule has 0 aliphatic carbocycles. The highest BCUT2D eigenvalue weighted by Gasteiger charge is 2.36. The van der Waals surface area contributed by atoms with Crippen LogP contribution in [0.1, 0.15) is 18.1 Å². The van der Waals surface area contributed by atoms with Gasteiger partial charge >= 0.3 is 5.97 Å². The number of aliphatic carboxylic acids is 1. The maximum atomic E-state index is 11.3. The van der Waals surface area contributed by atoms with Crippen LogP contribution in [-0.4, -0.2) is 24.8 Å². The molecular formula is C12H16O3. The second kappa shape index (κ2) is 4.45. The van der Waals surface area contributed by atoms with Crippen LogP contribution >= 0.6 is 0 Å². The highest BCUT2D eigenvalue weighted by molar-refractivity contribution is 5.81. The van der Waals surface area contributed by atoms with Crippen LogP contribution in [0.4, 0.5) is 0 Å². The van der Waals surface area contributed by atoms with E-state index in [2.05, 4.69) is 0 Å². The van der Waals surface area contributed by atoms with E-state index in [9.17, 15) is 9.90 Å². The van der Waals surface area contributed by atoms with Crippen molar-refractivity contribution in [1.29, 1.82) is 0 Å². The summed E-state index contributed by atoms with van der Waals surface area (Å²) < 4.78 is 5.00. The number of methoxy groups -OCH3 is 1. The van der Waals surface area contributed by atoms with Crippen LogP contribution in [0.2, 0.25) is 0 Å². The molecule has 1 N–H and O–H groups in total. The Kier molecular flexibility index (Phi) is 3.48. The molecule has 1 aromatic carbocycles. The Bertz CT molecular complexity index is 360. The number of aryl methyl sites for hydroxylation is 1. The van der Waals surface area contributed by atoms with Gasteiger partial charge in [-0.15, -0.1) is 0 Å². The molecular weight excluding hydrogens is 192 g/mol. The number of carboxylic acid groups (broad SMARTS) is 1. The smallest absolute Gasteiger partial charge is 0.316 e. The van der Waals surface area contributed by atoms with Gasteiger partial charge in [0, 0.05) is 7.11 Å². The van der Waals surface area contributed by atoms with Gasteiger partial charge in [0.25, 0.3) is 0 Å². The summed E-state index contributed by atoms with van der Waals surface area (Å²) in [6, 6.07) is 7.49. The maximum Gasteiger partial charge on any atom is 0.316 e. The van der Waals surface area contributed by atoms with Gasteiger partial charge in [-0.3, -0.25) is 4.79 Å². The molecule has 0 aliphatic heterocycles. The molecule has 1 unspecified atom stereocenters. The minimum Gasteiger partial charge on any atom is -0.481 e. The number of hydrogen-bond acceptors (Lipinski definition) is 2. The summed E-state index contributed by atoms with van der Waals surface area (Å²) in [7, 11) is 1.51. The third kappa shape index (κ3) is 2.18. The summed E-state index contributed by atoms with van der Waals surface area (Å²) in [6.07, 6.45) is 0. The Hall–Kier alpha value is -1.35. The van der Waals surface area contributed by atoms with Crippen LogP contribution in [0.25, 0.3) is 0 Å². The number of carboxylic acids is 1. The zero-order chi connectivity index (χ0) is 11.5. The molecule has 3 nitrogen and oxygen atoms in total. The van der Waals surface area contributed by atoms with E-state index in [0.29, 0.717) is 0 Å². The van der Waals surface area contributed by atoms with E-state index in [1.807, 2.05) is 31.2 Å². The average molecular weight is 208 g/mol. The highest BCUT2D eigenvalue weighted by atomic mass is 16.5. The molecule has 0 heterocycles. The van der Waals surface area contributed by atoms with Gasteiger partial charge in [-0.1, -0.05) is 24.3 Å². The SMILES string of the molecule is COCC(C)(C(=O)O)c1ccccc1C. The van der Waals surface area contributed by atoms with Crippen molar-refractivity contribution >= 4 is 5.97 Å². The molecule has 3 heteroatoms. The van der Waals surface area contributed by atoms with E-state index in [4.69, 9.17) is 4.74 Å². The van der Waals surface area contributed by atoms with Gasteiger partial charge in [-0.05, 0) is 25.0 Å².